The highest BCUT2D eigenvalue weighted by atomic mass is 16.4. The molecule has 2 aromatic rings. The van der Waals surface area contributed by atoms with Crippen molar-refractivity contribution in [3.63, 3.8) is 0 Å². The van der Waals surface area contributed by atoms with Crippen LogP contribution in [-0.2, 0) is 4.79 Å². The van der Waals surface area contributed by atoms with Gasteiger partial charge in [-0.2, -0.15) is 5.26 Å². The van der Waals surface area contributed by atoms with E-state index in [0.717, 1.165) is 5.56 Å². The van der Waals surface area contributed by atoms with Crippen LogP contribution >= 0.6 is 0 Å². The molecular weight excluding hydrogens is 292 g/mol. The number of carbonyl (C=O) groups excluding carboxylic acids is 2. The van der Waals surface area contributed by atoms with Crippen molar-refractivity contribution in [2.45, 2.75) is 6.92 Å². The number of nitrogens with one attached hydrogen (secondary N) is 1. The van der Waals surface area contributed by atoms with Crippen LogP contribution in [0.25, 0.3) is 6.08 Å². The minimum absolute atomic E-state index is 0.0322. The number of hydrogen-bond donors (Lipinski definition) is 1. The molecule has 0 bridgehead atoms. The predicted octanol–water partition coefficient (Wildman–Crippen LogP) is 1.90. The van der Waals surface area contributed by atoms with Gasteiger partial charge in [0.1, 0.15) is 11.6 Å². The molecule has 0 heterocycles. The van der Waals surface area contributed by atoms with Crippen molar-refractivity contribution in [1.82, 2.24) is 0 Å². The lowest BCUT2D eigenvalue weighted by Gasteiger charge is -2.05. The molecule has 0 aliphatic carbocycles. The van der Waals surface area contributed by atoms with Gasteiger partial charge in [-0.05, 0) is 36.3 Å². The van der Waals surface area contributed by atoms with Crippen molar-refractivity contribution < 1.29 is 14.7 Å². The molecule has 0 fully saturated rings. The molecule has 23 heavy (non-hydrogen) atoms. The Morgan fingerprint density at radius 2 is 1.70 bits per heavy atom. The van der Waals surface area contributed by atoms with Gasteiger partial charge in [0, 0.05) is 5.69 Å². The van der Waals surface area contributed by atoms with Gasteiger partial charge in [-0.25, -0.2) is 0 Å². The van der Waals surface area contributed by atoms with Gasteiger partial charge < -0.3 is 15.2 Å². The number of aryl methyl sites for hydroxylation is 1. The van der Waals surface area contributed by atoms with Crippen LogP contribution in [-0.4, -0.2) is 11.9 Å². The van der Waals surface area contributed by atoms with E-state index in [2.05, 4.69) is 5.32 Å². The average molecular weight is 305 g/mol. The second-order valence-electron chi connectivity index (χ2n) is 4.90. The second-order valence-corrected chi connectivity index (χ2v) is 4.90. The molecule has 2 aromatic carbocycles. The van der Waals surface area contributed by atoms with Crippen molar-refractivity contribution in [3.05, 3.63) is 70.8 Å². The van der Waals surface area contributed by atoms with Crippen LogP contribution in [0.3, 0.4) is 0 Å². The lowest BCUT2D eigenvalue weighted by atomic mass is 10.1. The van der Waals surface area contributed by atoms with Crippen LogP contribution in [0.2, 0.25) is 0 Å². The summed E-state index contributed by atoms with van der Waals surface area (Å²) >= 11 is 0. The molecule has 114 valence electrons. The Morgan fingerprint density at radius 3 is 2.22 bits per heavy atom. The minimum atomic E-state index is -1.28. The van der Waals surface area contributed by atoms with E-state index in [0.29, 0.717) is 11.3 Å². The van der Waals surface area contributed by atoms with Crippen molar-refractivity contribution in [2.75, 3.05) is 5.32 Å². The van der Waals surface area contributed by atoms with E-state index in [1.54, 1.807) is 12.1 Å². The van der Waals surface area contributed by atoms with Crippen molar-refractivity contribution in [3.8, 4) is 6.07 Å². The molecular formula is C18H13N2O3-. The van der Waals surface area contributed by atoms with Gasteiger partial charge in [0.05, 0.1) is 5.97 Å². The number of carbonyl (C=O) groups is 2. The van der Waals surface area contributed by atoms with Gasteiger partial charge in [-0.15, -0.1) is 0 Å². The maximum absolute atomic E-state index is 12.1. The highest BCUT2D eigenvalue weighted by molar-refractivity contribution is 6.09. The molecule has 0 aromatic heterocycles. The molecule has 5 nitrogen and oxygen atoms in total. The quantitative estimate of drug-likeness (QED) is 0.689. The first-order valence-corrected chi connectivity index (χ1v) is 6.81. The Labute approximate surface area is 133 Å². The van der Waals surface area contributed by atoms with Crippen molar-refractivity contribution >= 4 is 23.6 Å². The third kappa shape index (κ3) is 4.29. The van der Waals surface area contributed by atoms with E-state index in [9.17, 15) is 14.7 Å². The molecule has 0 saturated carbocycles. The number of aromatic carboxylic acids is 1. The number of rotatable bonds is 4. The van der Waals surface area contributed by atoms with E-state index in [1.807, 2.05) is 25.1 Å². The Morgan fingerprint density at radius 1 is 1.09 bits per heavy atom. The molecule has 0 atom stereocenters. The number of nitrogens with zero attached hydrogens (tertiary/aromatic N) is 1. The summed E-state index contributed by atoms with van der Waals surface area (Å²) < 4.78 is 0. The van der Waals surface area contributed by atoms with Crippen LogP contribution < -0.4 is 10.4 Å². The van der Waals surface area contributed by atoms with Crippen LogP contribution in [0.15, 0.2) is 54.1 Å². The number of hydrogen-bond acceptors (Lipinski definition) is 4. The molecule has 5 heteroatoms. The number of carboxylic acid groups (broad SMARTS) is 1. The molecule has 0 saturated heterocycles. The summed E-state index contributed by atoms with van der Waals surface area (Å²) in [7, 11) is 0. The predicted molar refractivity (Wildman–Crippen MR) is 84.2 cm³/mol. The van der Waals surface area contributed by atoms with E-state index in [1.165, 1.54) is 30.3 Å². The molecule has 0 radical (unpaired) electrons. The summed E-state index contributed by atoms with van der Waals surface area (Å²) in [5.41, 5.74) is 2.16. The van der Waals surface area contributed by atoms with Gasteiger partial charge in [0.15, 0.2) is 0 Å². The Balaban J connectivity index is 2.17. The molecule has 0 aliphatic rings. The summed E-state index contributed by atoms with van der Waals surface area (Å²) in [4.78, 5) is 22.8. The first kappa shape index (κ1) is 16.0. The number of amides is 1. The van der Waals surface area contributed by atoms with E-state index in [-0.39, 0.29) is 11.1 Å². The Bertz CT molecular complexity index is 798. The third-order valence-electron chi connectivity index (χ3n) is 3.13. The zero-order chi connectivity index (χ0) is 16.8. The van der Waals surface area contributed by atoms with Gasteiger partial charge in [-0.3, -0.25) is 4.79 Å². The summed E-state index contributed by atoms with van der Waals surface area (Å²) in [5.74, 6) is -1.81. The first-order valence-electron chi connectivity index (χ1n) is 6.81. The van der Waals surface area contributed by atoms with Gasteiger partial charge in [-0.1, -0.05) is 42.0 Å². The fraction of sp³-hybridized carbons (Fsp3) is 0.0556. The van der Waals surface area contributed by atoms with Crippen molar-refractivity contribution in [1.29, 1.82) is 5.26 Å². The second kappa shape index (κ2) is 7.05. The fourth-order valence-corrected chi connectivity index (χ4v) is 1.87. The highest BCUT2D eigenvalue weighted by Gasteiger charge is 2.09. The Hall–Kier alpha value is -3.39. The highest BCUT2D eigenvalue weighted by Crippen LogP contribution is 2.13. The third-order valence-corrected chi connectivity index (χ3v) is 3.13. The monoisotopic (exact) mass is 305 g/mol. The van der Waals surface area contributed by atoms with Crippen LogP contribution in [0.1, 0.15) is 21.5 Å². The SMILES string of the molecule is Cc1ccc(NC(=O)/C(C#N)=C/c2ccc(C(=O)[O-])cc2)cc1. The van der Waals surface area contributed by atoms with Gasteiger partial charge in [0.25, 0.3) is 5.91 Å². The normalized spacial score (nSPS) is 10.7. The molecule has 1 amide bonds. The van der Waals surface area contributed by atoms with Crippen LogP contribution in [0, 0.1) is 18.3 Å². The summed E-state index contributed by atoms with van der Waals surface area (Å²) in [5, 5.41) is 22.5. The summed E-state index contributed by atoms with van der Waals surface area (Å²) in [6.45, 7) is 1.93. The lowest BCUT2D eigenvalue weighted by molar-refractivity contribution is -0.255. The zero-order valence-corrected chi connectivity index (χ0v) is 12.4. The van der Waals surface area contributed by atoms with E-state index < -0.39 is 11.9 Å². The van der Waals surface area contributed by atoms with Gasteiger partial charge in [0.2, 0.25) is 0 Å². The molecule has 1 N–H and O–H groups in total. The smallest absolute Gasteiger partial charge is 0.266 e. The summed E-state index contributed by atoms with van der Waals surface area (Å²) in [6, 6.07) is 14.7. The number of carboxylic acids is 1. The number of benzene rings is 2. The maximum atomic E-state index is 12.1. The van der Waals surface area contributed by atoms with E-state index >= 15 is 0 Å². The number of anilines is 1. The van der Waals surface area contributed by atoms with Crippen LogP contribution in [0.4, 0.5) is 5.69 Å². The first-order chi connectivity index (χ1) is 11.0. The van der Waals surface area contributed by atoms with Gasteiger partial charge >= 0.3 is 0 Å². The standard InChI is InChI=1S/C18H14N2O3/c1-12-2-8-16(9-3-12)20-17(21)15(11-19)10-13-4-6-14(7-5-13)18(22)23/h2-10H,1H3,(H,20,21)(H,22,23)/p-1/b15-10+. The topological polar surface area (TPSA) is 93.0 Å². The minimum Gasteiger partial charge on any atom is -0.545 e. The summed E-state index contributed by atoms with van der Waals surface area (Å²) in [6.07, 6.45) is 1.39. The zero-order valence-electron chi connectivity index (χ0n) is 12.4. The van der Waals surface area contributed by atoms with Crippen LogP contribution in [0.5, 0.6) is 0 Å². The molecule has 0 spiro atoms. The lowest BCUT2D eigenvalue weighted by Crippen LogP contribution is -2.21. The maximum Gasteiger partial charge on any atom is 0.266 e. The van der Waals surface area contributed by atoms with E-state index in [4.69, 9.17) is 5.26 Å². The molecule has 0 aliphatic heterocycles. The molecule has 0 unspecified atom stereocenters. The molecule has 2 rings (SSSR count). The number of nitriles is 1. The Kier molecular flexibility index (Phi) is 4.90. The largest absolute Gasteiger partial charge is 0.545 e. The van der Waals surface area contributed by atoms with Crippen molar-refractivity contribution in [2.24, 2.45) is 0 Å². The fourth-order valence-electron chi connectivity index (χ4n) is 1.87. The average Bonchev–Trinajstić information content (AvgIpc) is 2.55.